The van der Waals surface area contributed by atoms with Crippen LogP contribution >= 0.6 is 0 Å². The molecule has 0 saturated carbocycles. The molecular weight excluding hydrogens is 181 g/mol. The minimum atomic E-state index is -0.191. The summed E-state index contributed by atoms with van der Waals surface area (Å²) in [5.41, 5.74) is 1.88. The summed E-state index contributed by atoms with van der Waals surface area (Å²) >= 11 is 0. The van der Waals surface area contributed by atoms with Crippen LogP contribution in [0.4, 0.5) is 4.39 Å². The van der Waals surface area contributed by atoms with Crippen molar-refractivity contribution in [3.8, 4) is 0 Å². The van der Waals surface area contributed by atoms with Gasteiger partial charge in [-0.2, -0.15) is 0 Å². The van der Waals surface area contributed by atoms with Gasteiger partial charge in [0.05, 0.1) is 0 Å². The van der Waals surface area contributed by atoms with Gasteiger partial charge < -0.3 is 10.4 Å². The van der Waals surface area contributed by atoms with E-state index in [4.69, 9.17) is 5.11 Å². The molecule has 0 atom stereocenters. The zero-order valence-electron chi connectivity index (χ0n) is 8.39. The van der Waals surface area contributed by atoms with Crippen molar-refractivity contribution in [3.05, 3.63) is 35.1 Å². The molecule has 1 rings (SSSR count). The van der Waals surface area contributed by atoms with Gasteiger partial charge in [0, 0.05) is 13.2 Å². The number of benzene rings is 1. The van der Waals surface area contributed by atoms with Gasteiger partial charge in [-0.25, -0.2) is 4.39 Å². The van der Waals surface area contributed by atoms with E-state index in [0.29, 0.717) is 6.54 Å². The van der Waals surface area contributed by atoms with Gasteiger partial charge in [-0.1, -0.05) is 6.07 Å². The average molecular weight is 197 g/mol. The van der Waals surface area contributed by atoms with E-state index >= 15 is 0 Å². The van der Waals surface area contributed by atoms with Gasteiger partial charge in [0.15, 0.2) is 0 Å². The molecule has 14 heavy (non-hydrogen) atoms. The molecule has 3 heteroatoms. The van der Waals surface area contributed by atoms with Crippen LogP contribution in [0, 0.1) is 12.7 Å². The Morgan fingerprint density at radius 1 is 1.36 bits per heavy atom. The van der Waals surface area contributed by atoms with Crippen LogP contribution in [0.1, 0.15) is 17.5 Å². The molecule has 2 nitrogen and oxygen atoms in total. The predicted octanol–water partition coefficient (Wildman–Crippen LogP) is 1.61. The summed E-state index contributed by atoms with van der Waals surface area (Å²) in [5.74, 6) is -0.191. The van der Waals surface area contributed by atoms with Gasteiger partial charge in [0.2, 0.25) is 0 Å². The predicted molar refractivity (Wildman–Crippen MR) is 54.5 cm³/mol. The fourth-order valence-electron chi connectivity index (χ4n) is 1.35. The summed E-state index contributed by atoms with van der Waals surface area (Å²) in [4.78, 5) is 0. The molecule has 78 valence electrons. The van der Waals surface area contributed by atoms with E-state index in [0.717, 1.165) is 24.1 Å². The highest BCUT2D eigenvalue weighted by atomic mass is 19.1. The molecule has 0 heterocycles. The van der Waals surface area contributed by atoms with Crippen molar-refractivity contribution in [1.29, 1.82) is 0 Å². The van der Waals surface area contributed by atoms with Crippen LogP contribution in [-0.4, -0.2) is 18.3 Å². The van der Waals surface area contributed by atoms with E-state index in [1.165, 1.54) is 12.1 Å². The number of nitrogens with one attached hydrogen (secondary N) is 1. The fraction of sp³-hybridized carbons (Fsp3) is 0.455. The Labute approximate surface area is 83.8 Å². The number of aryl methyl sites for hydroxylation is 1. The zero-order valence-corrected chi connectivity index (χ0v) is 8.39. The van der Waals surface area contributed by atoms with Crippen LogP contribution in [0.2, 0.25) is 0 Å². The van der Waals surface area contributed by atoms with Gasteiger partial charge in [-0.3, -0.25) is 0 Å². The van der Waals surface area contributed by atoms with Gasteiger partial charge in [0.1, 0.15) is 5.82 Å². The maximum absolute atomic E-state index is 12.9. The van der Waals surface area contributed by atoms with Gasteiger partial charge in [0.25, 0.3) is 0 Å². The van der Waals surface area contributed by atoms with Crippen molar-refractivity contribution in [3.63, 3.8) is 0 Å². The van der Waals surface area contributed by atoms with Crippen molar-refractivity contribution in [2.75, 3.05) is 13.2 Å². The first-order valence-corrected chi connectivity index (χ1v) is 4.80. The smallest absolute Gasteiger partial charge is 0.123 e. The molecule has 0 aromatic heterocycles. The summed E-state index contributed by atoms with van der Waals surface area (Å²) in [6, 6.07) is 4.99. The molecule has 0 fully saturated rings. The lowest BCUT2D eigenvalue weighted by atomic mass is 10.1. The second kappa shape index (κ2) is 5.73. The van der Waals surface area contributed by atoms with Crippen molar-refractivity contribution >= 4 is 0 Å². The SMILES string of the molecule is Cc1cc(F)cc(CNCCCO)c1. The molecule has 1 aromatic carbocycles. The molecule has 0 unspecified atom stereocenters. The summed E-state index contributed by atoms with van der Waals surface area (Å²) in [7, 11) is 0. The largest absolute Gasteiger partial charge is 0.396 e. The number of halogens is 1. The maximum Gasteiger partial charge on any atom is 0.123 e. The number of aliphatic hydroxyl groups excluding tert-OH is 1. The molecule has 0 aliphatic rings. The first-order valence-electron chi connectivity index (χ1n) is 4.80. The lowest BCUT2D eigenvalue weighted by molar-refractivity contribution is 0.286. The van der Waals surface area contributed by atoms with Crippen molar-refractivity contribution in [1.82, 2.24) is 5.32 Å². The van der Waals surface area contributed by atoms with E-state index in [2.05, 4.69) is 5.32 Å². The van der Waals surface area contributed by atoms with Gasteiger partial charge in [-0.05, 0) is 43.1 Å². The average Bonchev–Trinajstić information content (AvgIpc) is 2.11. The summed E-state index contributed by atoms with van der Waals surface area (Å²) in [6.07, 6.45) is 0.730. The third kappa shape index (κ3) is 3.85. The summed E-state index contributed by atoms with van der Waals surface area (Å²) < 4.78 is 12.9. The highest BCUT2D eigenvalue weighted by molar-refractivity contribution is 5.23. The molecule has 0 saturated heterocycles. The van der Waals surface area contributed by atoms with Crippen molar-refractivity contribution in [2.24, 2.45) is 0 Å². The number of hydrogen-bond donors (Lipinski definition) is 2. The summed E-state index contributed by atoms with van der Waals surface area (Å²) in [6.45, 7) is 3.47. The Hall–Kier alpha value is -0.930. The van der Waals surface area contributed by atoms with Crippen molar-refractivity contribution < 1.29 is 9.50 Å². The maximum atomic E-state index is 12.9. The van der Waals surface area contributed by atoms with E-state index < -0.39 is 0 Å². The minimum absolute atomic E-state index is 0.190. The van der Waals surface area contributed by atoms with Crippen LogP contribution in [0.15, 0.2) is 18.2 Å². The lowest BCUT2D eigenvalue weighted by Gasteiger charge is -2.05. The van der Waals surface area contributed by atoms with E-state index in [1.807, 2.05) is 13.0 Å². The molecule has 0 amide bonds. The third-order valence-corrected chi connectivity index (χ3v) is 1.94. The number of aliphatic hydroxyl groups is 1. The van der Waals surface area contributed by atoms with Gasteiger partial charge >= 0.3 is 0 Å². The van der Waals surface area contributed by atoms with E-state index in [1.54, 1.807) is 0 Å². The quantitative estimate of drug-likeness (QED) is 0.703. The monoisotopic (exact) mass is 197 g/mol. The summed E-state index contributed by atoms with van der Waals surface area (Å²) in [5, 5.41) is 11.7. The second-order valence-corrected chi connectivity index (χ2v) is 3.39. The molecule has 0 radical (unpaired) electrons. The lowest BCUT2D eigenvalue weighted by Crippen LogP contribution is -2.15. The standard InChI is InChI=1S/C11H16FNO/c1-9-5-10(7-11(12)6-9)8-13-3-2-4-14/h5-7,13-14H,2-4,8H2,1H3. The topological polar surface area (TPSA) is 32.3 Å². The Morgan fingerprint density at radius 3 is 2.79 bits per heavy atom. The second-order valence-electron chi connectivity index (χ2n) is 3.39. The Kier molecular flexibility index (Phi) is 4.56. The highest BCUT2D eigenvalue weighted by Gasteiger charge is 1.97. The van der Waals surface area contributed by atoms with Crippen LogP contribution < -0.4 is 5.32 Å². The molecular formula is C11H16FNO. The first kappa shape index (κ1) is 11.1. The fourth-order valence-corrected chi connectivity index (χ4v) is 1.35. The van der Waals surface area contributed by atoms with Crippen molar-refractivity contribution in [2.45, 2.75) is 19.9 Å². The van der Waals surface area contributed by atoms with E-state index in [9.17, 15) is 4.39 Å². The first-order chi connectivity index (χ1) is 6.72. The molecule has 1 aromatic rings. The van der Waals surface area contributed by atoms with Crippen LogP contribution in [0.3, 0.4) is 0 Å². The van der Waals surface area contributed by atoms with Crippen LogP contribution in [0.25, 0.3) is 0 Å². The number of rotatable bonds is 5. The number of hydrogen-bond acceptors (Lipinski definition) is 2. The zero-order chi connectivity index (χ0) is 10.4. The Morgan fingerprint density at radius 2 is 2.14 bits per heavy atom. The van der Waals surface area contributed by atoms with Crippen LogP contribution in [-0.2, 0) is 6.54 Å². The molecule has 0 aliphatic heterocycles. The Bertz CT molecular complexity index is 268. The third-order valence-electron chi connectivity index (χ3n) is 1.94. The molecule has 2 N–H and O–H groups in total. The molecule has 0 aliphatic carbocycles. The Balaban J connectivity index is 2.42. The molecule has 0 bridgehead atoms. The van der Waals surface area contributed by atoms with Crippen LogP contribution in [0.5, 0.6) is 0 Å². The molecule has 0 spiro atoms. The highest BCUT2D eigenvalue weighted by Crippen LogP contribution is 2.07. The normalized spacial score (nSPS) is 10.5. The van der Waals surface area contributed by atoms with E-state index in [-0.39, 0.29) is 12.4 Å². The van der Waals surface area contributed by atoms with Gasteiger partial charge in [-0.15, -0.1) is 0 Å². The minimum Gasteiger partial charge on any atom is -0.396 e.